The van der Waals surface area contributed by atoms with Gasteiger partial charge in [-0.1, -0.05) is 152 Å². The number of fused-ring (bicyclic) bond motifs is 9. The number of nitrogens with zero attached hydrogens (tertiary/aromatic N) is 3. The van der Waals surface area contributed by atoms with Crippen LogP contribution >= 0.6 is 0 Å². The topological polar surface area (TPSA) is 37.6 Å². The van der Waals surface area contributed by atoms with E-state index in [-0.39, 0.29) is 0 Å². The molecule has 0 amide bonds. The molecule has 57 heavy (non-hydrogen) atoms. The Morgan fingerprint density at radius 2 is 1.05 bits per heavy atom. The van der Waals surface area contributed by atoms with E-state index in [1.54, 1.807) is 6.20 Å². The first-order chi connectivity index (χ1) is 28.2. The van der Waals surface area contributed by atoms with E-state index in [1.165, 1.54) is 59.4 Å². The fourth-order valence-corrected chi connectivity index (χ4v) is 8.33. The van der Waals surface area contributed by atoms with E-state index in [9.17, 15) is 0 Å². The number of hydrogen-bond acceptors (Lipinski definition) is 3. The van der Waals surface area contributed by atoms with Gasteiger partial charge < -0.3 is 0 Å². The Kier molecular flexibility index (Phi) is 8.74. The summed E-state index contributed by atoms with van der Waals surface area (Å²) in [6.45, 7) is 4.53. The first-order valence-electron chi connectivity index (χ1n) is 19.3. The number of aromatic nitrogens is 1. The molecule has 0 saturated carbocycles. The van der Waals surface area contributed by atoms with Crippen LogP contribution in [0.5, 0.6) is 0 Å². The van der Waals surface area contributed by atoms with Crippen LogP contribution in [-0.2, 0) is 6.54 Å². The molecule has 0 aliphatic heterocycles. The van der Waals surface area contributed by atoms with Crippen LogP contribution in [-0.4, -0.2) is 17.4 Å². The molecule has 0 radical (unpaired) electrons. The number of rotatable bonds is 8. The molecule has 0 spiro atoms. The molecule has 0 aliphatic rings. The van der Waals surface area contributed by atoms with Crippen LogP contribution in [0.1, 0.15) is 16.7 Å². The summed E-state index contributed by atoms with van der Waals surface area (Å²) in [5.74, 6) is 0. The fourth-order valence-electron chi connectivity index (χ4n) is 8.33. The summed E-state index contributed by atoms with van der Waals surface area (Å²) in [5.41, 5.74) is 9.11. The normalized spacial score (nSPS) is 12.2. The summed E-state index contributed by atoms with van der Waals surface area (Å²) < 4.78 is 0. The molecule has 268 valence electrons. The van der Waals surface area contributed by atoms with E-state index in [2.05, 4.69) is 199 Å². The molecule has 0 unspecified atom stereocenters. The van der Waals surface area contributed by atoms with Gasteiger partial charge in [0.25, 0.3) is 0 Å². The summed E-state index contributed by atoms with van der Waals surface area (Å²) in [6.07, 6.45) is 5.76. The van der Waals surface area contributed by atoms with Gasteiger partial charge in [-0.15, -0.1) is 0 Å². The first kappa shape index (κ1) is 34.0. The number of benzene rings is 9. The summed E-state index contributed by atoms with van der Waals surface area (Å²) in [4.78, 5) is 14.3. The highest BCUT2D eigenvalue weighted by atomic mass is 14.8. The summed E-state index contributed by atoms with van der Waals surface area (Å²) >= 11 is 0. The molecule has 3 heteroatoms. The molecule has 10 aromatic rings. The average Bonchev–Trinajstić information content (AvgIpc) is 3.29. The number of pyridine rings is 1. The third-order valence-electron chi connectivity index (χ3n) is 11.1. The van der Waals surface area contributed by atoms with Crippen molar-refractivity contribution >= 4 is 72.0 Å². The van der Waals surface area contributed by atoms with Gasteiger partial charge in [0.1, 0.15) is 0 Å². The second kappa shape index (κ2) is 14.6. The number of hydrogen-bond donors (Lipinski definition) is 0. The lowest BCUT2D eigenvalue weighted by atomic mass is 9.92. The maximum absolute atomic E-state index is 5.40. The zero-order valence-corrected chi connectivity index (χ0v) is 31.3. The zero-order valence-electron chi connectivity index (χ0n) is 31.3. The van der Waals surface area contributed by atoms with E-state index in [0.29, 0.717) is 6.54 Å². The molecule has 0 N–H and O–H groups in total. The van der Waals surface area contributed by atoms with Crippen molar-refractivity contribution in [1.29, 1.82) is 0 Å². The zero-order chi connectivity index (χ0) is 38.1. The Bertz CT molecular complexity index is 3190. The van der Waals surface area contributed by atoms with Gasteiger partial charge in [-0.05, 0) is 119 Å². The Hall–Kier alpha value is -7.49. The van der Waals surface area contributed by atoms with Gasteiger partial charge >= 0.3 is 0 Å². The SMILES string of the molecule is C=N/C(=C\C(=N/Cc1ccc2c3ccccc3c3ccccc3c2c1)c1cccc(-c2cc3ccccc3c3ccccc23)c1)c1cccc(-c2cccnc2)c1. The van der Waals surface area contributed by atoms with Crippen LogP contribution in [0.3, 0.4) is 0 Å². The number of aliphatic imine (C=N–C) groups is 2. The van der Waals surface area contributed by atoms with Crippen molar-refractivity contribution in [2.24, 2.45) is 9.98 Å². The summed E-state index contributed by atoms with van der Waals surface area (Å²) in [5, 5.41) is 12.5. The van der Waals surface area contributed by atoms with Crippen molar-refractivity contribution in [3.8, 4) is 22.3 Å². The lowest BCUT2D eigenvalue weighted by Crippen LogP contribution is -2.01. The third-order valence-corrected chi connectivity index (χ3v) is 11.1. The minimum atomic E-state index is 0.492. The Labute approximate surface area is 331 Å². The molecule has 0 atom stereocenters. The molecule has 1 aromatic heterocycles. The third kappa shape index (κ3) is 6.35. The standard InChI is InChI=1S/C54H37N3/c1-55-53(40-16-10-14-37(30-40)42-18-12-28-56-35-42)33-54(41-17-11-15-38(31-41)51-32-39-13-2-3-19-43(39)44-20-4-8-24-48(44)51)57-34-36-26-27-50-47-23-6-5-21-45(47)46-22-7-9-25-49(46)52(50)29-36/h2-33,35H,1,34H2/b53-33-,57-54+. The molecule has 0 saturated heterocycles. The lowest BCUT2D eigenvalue weighted by Gasteiger charge is -2.13. The second-order valence-corrected chi connectivity index (χ2v) is 14.5. The van der Waals surface area contributed by atoms with Crippen molar-refractivity contribution in [1.82, 2.24) is 4.98 Å². The number of allylic oxidation sites excluding steroid dienone is 1. The minimum absolute atomic E-state index is 0.492. The molecular weight excluding hydrogens is 691 g/mol. The van der Waals surface area contributed by atoms with Crippen LogP contribution in [0.15, 0.2) is 210 Å². The van der Waals surface area contributed by atoms with Gasteiger partial charge in [-0.3, -0.25) is 15.0 Å². The maximum Gasteiger partial charge on any atom is 0.0716 e. The summed E-state index contributed by atoms with van der Waals surface area (Å²) in [7, 11) is 0. The Morgan fingerprint density at radius 3 is 1.75 bits per heavy atom. The molecule has 0 bridgehead atoms. The van der Waals surface area contributed by atoms with Gasteiger partial charge in [-0.25, -0.2) is 0 Å². The summed E-state index contributed by atoms with van der Waals surface area (Å²) in [6, 6.07) is 65.0. The minimum Gasteiger partial charge on any atom is -0.280 e. The van der Waals surface area contributed by atoms with Crippen molar-refractivity contribution in [2.45, 2.75) is 6.54 Å². The van der Waals surface area contributed by atoms with Crippen LogP contribution < -0.4 is 0 Å². The highest BCUT2D eigenvalue weighted by Crippen LogP contribution is 2.37. The van der Waals surface area contributed by atoms with Crippen molar-refractivity contribution in [2.75, 3.05) is 0 Å². The second-order valence-electron chi connectivity index (χ2n) is 14.5. The Morgan fingerprint density at radius 1 is 0.474 bits per heavy atom. The molecule has 3 nitrogen and oxygen atoms in total. The van der Waals surface area contributed by atoms with E-state index < -0.39 is 0 Å². The van der Waals surface area contributed by atoms with Crippen molar-refractivity contribution in [3.63, 3.8) is 0 Å². The predicted molar refractivity (Wildman–Crippen MR) is 243 cm³/mol. The molecule has 9 aromatic carbocycles. The highest BCUT2D eigenvalue weighted by molar-refractivity contribution is 6.25. The van der Waals surface area contributed by atoms with E-state index in [0.717, 1.165) is 44.8 Å². The quantitative estimate of drug-likeness (QED) is 0.113. The van der Waals surface area contributed by atoms with Gasteiger partial charge in [-0.2, -0.15) is 0 Å². The van der Waals surface area contributed by atoms with Crippen LogP contribution in [0.25, 0.3) is 81.8 Å². The molecule has 1 heterocycles. The molecular formula is C54H37N3. The molecule has 0 fully saturated rings. The molecule has 10 rings (SSSR count). The predicted octanol–water partition coefficient (Wildman–Crippen LogP) is 13.9. The van der Waals surface area contributed by atoms with Gasteiger partial charge in [0.05, 0.1) is 18.0 Å². The average molecular weight is 728 g/mol. The van der Waals surface area contributed by atoms with Gasteiger partial charge in [0.2, 0.25) is 0 Å². The van der Waals surface area contributed by atoms with Crippen molar-refractivity contribution in [3.05, 3.63) is 217 Å². The van der Waals surface area contributed by atoms with Crippen molar-refractivity contribution < 1.29 is 0 Å². The van der Waals surface area contributed by atoms with E-state index in [1.807, 2.05) is 12.3 Å². The van der Waals surface area contributed by atoms with Crippen LogP contribution in [0.4, 0.5) is 0 Å². The maximum atomic E-state index is 5.40. The molecule has 0 aliphatic carbocycles. The van der Waals surface area contributed by atoms with Crippen LogP contribution in [0, 0.1) is 0 Å². The fraction of sp³-hybridized carbons (Fsp3) is 0.0185. The largest absolute Gasteiger partial charge is 0.280 e. The van der Waals surface area contributed by atoms with Gasteiger partial charge in [0.15, 0.2) is 0 Å². The monoisotopic (exact) mass is 727 g/mol. The Balaban J connectivity index is 1.12. The van der Waals surface area contributed by atoms with E-state index >= 15 is 0 Å². The van der Waals surface area contributed by atoms with Crippen LogP contribution in [0.2, 0.25) is 0 Å². The van der Waals surface area contributed by atoms with E-state index in [4.69, 9.17) is 4.99 Å². The van der Waals surface area contributed by atoms with Gasteiger partial charge in [0, 0.05) is 29.1 Å². The first-order valence-corrected chi connectivity index (χ1v) is 19.3. The lowest BCUT2D eigenvalue weighted by molar-refractivity contribution is 1.07. The smallest absolute Gasteiger partial charge is 0.0716 e. The highest BCUT2D eigenvalue weighted by Gasteiger charge is 2.13.